The molecular weight excluding hydrogens is 329 g/mol. The smallest absolute Gasteiger partial charge is 0.240 e. The molecule has 2 heterocycles. The molecule has 0 amide bonds. The van der Waals surface area contributed by atoms with Crippen molar-refractivity contribution in [2.24, 2.45) is 0 Å². The van der Waals surface area contributed by atoms with Gasteiger partial charge in [-0.3, -0.25) is 0 Å². The van der Waals surface area contributed by atoms with E-state index in [9.17, 15) is 12.8 Å². The second kappa shape index (κ2) is 5.68. The standard InChI is InChI=1S/C14H11ClFN3O2S/c15-10-1-6-14-18-12(9-19(14)8-10)7-17-22(20,21)13-4-2-11(16)3-5-13/h1-6,8-9,17H,7H2. The fraction of sp³-hybridized carbons (Fsp3) is 0.0714. The van der Waals surface area contributed by atoms with E-state index in [-0.39, 0.29) is 11.4 Å². The van der Waals surface area contributed by atoms with Crippen LogP contribution in [0.25, 0.3) is 5.65 Å². The molecule has 5 nitrogen and oxygen atoms in total. The Labute approximate surface area is 131 Å². The first-order valence-corrected chi connectivity index (χ1v) is 8.18. The highest BCUT2D eigenvalue weighted by molar-refractivity contribution is 7.89. The number of pyridine rings is 1. The highest BCUT2D eigenvalue weighted by atomic mass is 35.5. The molecule has 22 heavy (non-hydrogen) atoms. The molecule has 0 aliphatic heterocycles. The Balaban J connectivity index is 1.79. The summed E-state index contributed by atoms with van der Waals surface area (Å²) in [7, 11) is -3.71. The van der Waals surface area contributed by atoms with Crippen molar-refractivity contribution >= 4 is 27.3 Å². The average Bonchev–Trinajstić information content (AvgIpc) is 2.88. The summed E-state index contributed by atoms with van der Waals surface area (Å²) in [5, 5.41) is 0.559. The van der Waals surface area contributed by atoms with Gasteiger partial charge < -0.3 is 4.40 Å². The van der Waals surface area contributed by atoms with Crippen LogP contribution >= 0.6 is 11.6 Å². The van der Waals surface area contributed by atoms with Gasteiger partial charge in [0.05, 0.1) is 22.2 Å². The van der Waals surface area contributed by atoms with Gasteiger partial charge in [0.1, 0.15) is 11.5 Å². The maximum atomic E-state index is 12.8. The highest BCUT2D eigenvalue weighted by Crippen LogP contribution is 2.13. The minimum Gasteiger partial charge on any atom is -0.305 e. The fourth-order valence-electron chi connectivity index (χ4n) is 1.97. The zero-order valence-electron chi connectivity index (χ0n) is 11.2. The van der Waals surface area contributed by atoms with E-state index in [0.29, 0.717) is 16.4 Å². The van der Waals surface area contributed by atoms with Gasteiger partial charge in [0, 0.05) is 12.4 Å². The monoisotopic (exact) mass is 339 g/mol. The summed E-state index contributed by atoms with van der Waals surface area (Å²) in [4.78, 5) is 4.28. The number of hydrogen-bond donors (Lipinski definition) is 1. The van der Waals surface area contributed by atoms with Gasteiger partial charge in [-0.25, -0.2) is 22.5 Å². The van der Waals surface area contributed by atoms with Crippen LogP contribution in [-0.2, 0) is 16.6 Å². The summed E-state index contributed by atoms with van der Waals surface area (Å²) < 4.78 is 41.2. The lowest BCUT2D eigenvalue weighted by Gasteiger charge is -2.04. The summed E-state index contributed by atoms with van der Waals surface area (Å²) >= 11 is 5.88. The van der Waals surface area contributed by atoms with Crippen LogP contribution in [0.3, 0.4) is 0 Å². The second-order valence-corrected chi connectivity index (χ2v) is 6.83. The summed E-state index contributed by atoms with van der Waals surface area (Å²) in [6, 6.07) is 8.06. The zero-order chi connectivity index (χ0) is 15.7. The van der Waals surface area contributed by atoms with Gasteiger partial charge in [0.15, 0.2) is 0 Å². The summed E-state index contributed by atoms with van der Waals surface area (Å²) in [6.07, 6.45) is 3.37. The van der Waals surface area contributed by atoms with Gasteiger partial charge in [-0.1, -0.05) is 11.6 Å². The molecule has 0 bridgehead atoms. The molecule has 0 radical (unpaired) electrons. The van der Waals surface area contributed by atoms with Crippen LogP contribution in [0.15, 0.2) is 53.7 Å². The normalized spacial score (nSPS) is 11.9. The largest absolute Gasteiger partial charge is 0.305 e. The molecule has 0 aliphatic rings. The van der Waals surface area contributed by atoms with Crippen molar-refractivity contribution in [2.45, 2.75) is 11.4 Å². The Kier molecular flexibility index (Phi) is 3.86. The number of nitrogens with zero attached hydrogens (tertiary/aromatic N) is 2. The molecule has 0 atom stereocenters. The van der Waals surface area contributed by atoms with E-state index in [4.69, 9.17) is 11.6 Å². The van der Waals surface area contributed by atoms with Gasteiger partial charge in [-0.05, 0) is 36.4 Å². The first-order valence-electron chi connectivity index (χ1n) is 6.32. The third-order valence-corrected chi connectivity index (χ3v) is 4.67. The van der Waals surface area contributed by atoms with E-state index >= 15 is 0 Å². The van der Waals surface area contributed by atoms with Gasteiger partial charge in [-0.2, -0.15) is 0 Å². The summed E-state index contributed by atoms with van der Waals surface area (Å²) in [5.74, 6) is -0.490. The van der Waals surface area contributed by atoms with Crippen molar-refractivity contribution in [3.63, 3.8) is 0 Å². The molecule has 2 aromatic heterocycles. The van der Waals surface area contributed by atoms with E-state index in [2.05, 4.69) is 9.71 Å². The van der Waals surface area contributed by atoms with Crippen molar-refractivity contribution in [3.8, 4) is 0 Å². The third-order valence-electron chi connectivity index (χ3n) is 3.03. The Bertz CT molecular complexity index is 923. The first kappa shape index (κ1) is 15.0. The molecule has 0 aliphatic carbocycles. The van der Waals surface area contributed by atoms with Crippen LogP contribution in [0, 0.1) is 5.82 Å². The molecule has 3 aromatic rings. The number of fused-ring (bicyclic) bond motifs is 1. The highest BCUT2D eigenvalue weighted by Gasteiger charge is 2.14. The number of rotatable bonds is 4. The van der Waals surface area contributed by atoms with Crippen molar-refractivity contribution in [3.05, 3.63) is 65.3 Å². The number of hydrogen-bond acceptors (Lipinski definition) is 3. The van der Waals surface area contributed by atoms with Crippen LogP contribution < -0.4 is 4.72 Å². The Morgan fingerprint density at radius 3 is 2.59 bits per heavy atom. The van der Waals surface area contributed by atoms with Crippen LogP contribution in [0.5, 0.6) is 0 Å². The lowest BCUT2D eigenvalue weighted by molar-refractivity contribution is 0.579. The predicted octanol–water partition coefficient (Wildman–Crippen LogP) is 2.61. The Morgan fingerprint density at radius 1 is 1.14 bits per heavy atom. The van der Waals surface area contributed by atoms with Crippen molar-refractivity contribution in [2.75, 3.05) is 0 Å². The second-order valence-electron chi connectivity index (χ2n) is 4.62. The minimum atomic E-state index is -3.71. The average molecular weight is 340 g/mol. The van der Waals surface area contributed by atoms with E-state index in [0.717, 1.165) is 12.1 Å². The molecule has 0 saturated heterocycles. The van der Waals surface area contributed by atoms with Crippen LogP contribution in [0.1, 0.15) is 5.69 Å². The molecule has 0 fully saturated rings. The van der Waals surface area contributed by atoms with E-state index in [1.807, 2.05) is 0 Å². The lowest BCUT2D eigenvalue weighted by Crippen LogP contribution is -2.23. The Hall–Kier alpha value is -1.96. The first-order chi connectivity index (χ1) is 10.4. The summed E-state index contributed by atoms with van der Waals surface area (Å²) in [5.41, 5.74) is 1.22. The third kappa shape index (κ3) is 3.11. The fourth-order valence-corrected chi connectivity index (χ4v) is 3.14. The van der Waals surface area contributed by atoms with Crippen molar-refractivity contribution in [1.29, 1.82) is 0 Å². The van der Waals surface area contributed by atoms with Crippen molar-refractivity contribution < 1.29 is 12.8 Å². The number of nitrogens with one attached hydrogen (secondary N) is 1. The van der Waals surface area contributed by atoms with Crippen LogP contribution in [-0.4, -0.2) is 17.8 Å². The predicted molar refractivity (Wildman–Crippen MR) is 80.6 cm³/mol. The Morgan fingerprint density at radius 2 is 1.86 bits per heavy atom. The number of imidazole rings is 1. The lowest BCUT2D eigenvalue weighted by atomic mass is 10.4. The quantitative estimate of drug-likeness (QED) is 0.794. The SMILES string of the molecule is O=S(=O)(NCc1cn2cc(Cl)ccc2n1)c1ccc(F)cc1. The number of benzene rings is 1. The van der Waals surface area contributed by atoms with E-state index in [1.165, 1.54) is 12.1 Å². The molecule has 8 heteroatoms. The van der Waals surface area contributed by atoms with Gasteiger partial charge in [0.25, 0.3) is 0 Å². The van der Waals surface area contributed by atoms with E-state index < -0.39 is 15.8 Å². The van der Waals surface area contributed by atoms with Crippen molar-refractivity contribution in [1.82, 2.24) is 14.1 Å². The maximum Gasteiger partial charge on any atom is 0.240 e. The maximum absolute atomic E-state index is 12.8. The molecule has 1 N–H and O–H groups in total. The van der Waals surface area contributed by atoms with Crippen LogP contribution in [0.4, 0.5) is 4.39 Å². The molecule has 0 spiro atoms. The van der Waals surface area contributed by atoms with Gasteiger partial charge >= 0.3 is 0 Å². The topological polar surface area (TPSA) is 63.5 Å². The molecular formula is C14H11ClFN3O2S. The van der Waals surface area contributed by atoms with Crippen LogP contribution in [0.2, 0.25) is 5.02 Å². The molecule has 3 rings (SSSR count). The number of sulfonamides is 1. The summed E-state index contributed by atoms with van der Waals surface area (Å²) in [6.45, 7) is 0.0268. The molecule has 1 aromatic carbocycles. The zero-order valence-corrected chi connectivity index (χ0v) is 12.8. The minimum absolute atomic E-state index is 0.000656. The molecule has 0 saturated carbocycles. The van der Waals surface area contributed by atoms with Gasteiger partial charge in [-0.15, -0.1) is 0 Å². The number of aromatic nitrogens is 2. The molecule has 0 unspecified atom stereocenters. The van der Waals surface area contributed by atoms with Gasteiger partial charge in [0.2, 0.25) is 10.0 Å². The van der Waals surface area contributed by atoms with E-state index in [1.54, 1.807) is 28.9 Å². The molecule has 114 valence electrons. The number of halogens is 2.